The second-order valence-corrected chi connectivity index (χ2v) is 4.77. The Hall–Kier alpha value is -1.95. The monoisotopic (exact) mass is 263 g/mol. The van der Waals surface area contributed by atoms with Crippen LogP contribution in [0, 0.1) is 10.1 Å². The van der Waals surface area contributed by atoms with Gasteiger partial charge in [-0.05, 0) is 31.4 Å². The molecule has 1 aliphatic heterocycles. The van der Waals surface area contributed by atoms with Crippen molar-refractivity contribution in [3.63, 3.8) is 0 Å². The van der Waals surface area contributed by atoms with Gasteiger partial charge < -0.3 is 5.73 Å². The van der Waals surface area contributed by atoms with E-state index in [0.717, 1.165) is 37.9 Å². The molecule has 0 bridgehead atoms. The van der Waals surface area contributed by atoms with Crippen molar-refractivity contribution in [2.75, 3.05) is 13.1 Å². The third kappa shape index (κ3) is 3.29. The van der Waals surface area contributed by atoms with Gasteiger partial charge in [0.15, 0.2) is 0 Å². The predicted octanol–water partition coefficient (Wildman–Crippen LogP) is 1.09. The summed E-state index contributed by atoms with van der Waals surface area (Å²) in [5, 5.41) is 10.5. The summed E-state index contributed by atoms with van der Waals surface area (Å²) in [5.41, 5.74) is 6.48. The van der Waals surface area contributed by atoms with E-state index >= 15 is 0 Å². The Kier molecular flexibility index (Phi) is 4.11. The maximum absolute atomic E-state index is 11.2. The third-order valence-corrected chi connectivity index (χ3v) is 3.53. The number of amides is 1. The van der Waals surface area contributed by atoms with Crippen LogP contribution in [0.15, 0.2) is 24.3 Å². The van der Waals surface area contributed by atoms with E-state index in [2.05, 4.69) is 4.90 Å². The van der Waals surface area contributed by atoms with Crippen LogP contribution in [0.25, 0.3) is 0 Å². The van der Waals surface area contributed by atoms with Gasteiger partial charge in [-0.25, -0.2) is 0 Å². The average Bonchev–Trinajstić information content (AvgIpc) is 2.85. The van der Waals surface area contributed by atoms with Gasteiger partial charge in [0, 0.05) is 18.7 Å². The van der Waals surface area contributed by atoms with Gasteiger partial charge in [-0.3, -0.25) is 19.8 Å². The zero-order valence-corrected chi connectivity index (χ0v) is 10.6. The van der Waals surface area contributed by atoms with Crippen LogP contribution in [-0.4, -0.2) is 34.9 Å². The lowest BCUT2D eigenvalue weighted by Gasteiger charge is -2.21. The summed E-state index contributed by atoms with van der Waals surface area (Å²) in [7, 11) is 0. The molecule has 1 amide bonds. The number of primary amides is 1. The van der Waals surface area contributed by atoms with Crippen molar-refractivity contribution >= 4 is 11.6 Å². The van der Waals surface area contributed by atoms with Crippen LogP contribution >= 0.6 is 0 Å². The van der Waals surface area contributed by atoms with Crippen molar-refractivity contribution in [2.45, 2.75) is 25.3 Å². The minimum atomic E-state index is -0.409. The lowest BCUT2D eigenvalue weighted by Crippen LogP contribution is -2.41. The Morgan fingerprint density at radius 3 is 2.68 bits per heavy atom. The Bertz CT molecular complexity index is 473. The Labute approximate surface area is 111 Å². The molecule has 0 spiro atoms. The summed E-state index contributed by atoms with van der Waals surface area (Å²) in [5.74, 6) is -0.263. The Morgan fingerprint density at radius 2 is 2.11 bits per heavy atom. The fourth-order valence-electron chi connectivity index (χ4n) is 2.47. The smallest absolute Gasteiger partial charge is 0.269 e. The van der Waals surface area contributed by atoms with E-state index in [1.807, 2.05) is 0 Å². The molecule has 1 aromatic rings. The second-order valence-electron chi connectivity index (χ2n) is 4.77. The summed E-state index contributed by atoms with van der Waals surface area (Å²) < 4.78 is 0. The van der Waals surface area contributed by atoms with Crippen LogP contribution in [-0.2, 0) is 11.2 Å². The van der Waals surface area contributed by atoms with Crippen molar-refractivity contribution in [1.29, 1.82) is 0 Å². The Balaban J connectivity index is 1.91. The standard InChI is InChI=1S/C13H17N3O3/c14-13(17)12-2-1-8-15(12)9-7-10-3-5-11(6-4-10)16(18)19/h3-6,12H,1-2,7-9H2,(H2,14,17)/t12-/m1/s1. The normalized spacial score (nSPS) is 19.5. The fraction of sp³-hybridized carbons (Fsp3) is 0.462. The second kappa shape index (κ2) is 5.79. The first-order chi connectivity index (χ1) is 9.08. The minimum absolute atomic E-state index is 0.0972. The number of hydrogen-bond acceptors (Lipinski definition) is 4. The quantitative estimate of drug-likeness (QED) is 0.636. The molecule has 1 atom stereocenters. The molecule has 1 fully saturated rings. The minimum Gasteiger partial charge on any atom is -0.368 e. The van der Waals surface area contributed by atoms with Crippen LogP contribution in [0.5, 0.6) is 0 Å². The van der Waals surface area contributed by atoms with E-state index in [9.17, 15) is 14.9 Å². The first-order valence-electron chi connectivity index (χ1n) is 6.34. The van der Waals surface area contributed by atoms with Gasteiger partial charge in [0.2, 0.25) is 5.91 Å². The highest BCUT2D eigenvalue weighted by Gasteiger charge is 2.28. The number of likely N-dealkylation sites (tertiary alicyclic amines) is 1. The zero-order valence-electron chi connectivity index (χ0n) is 10.6. The SMILES string of the molecule is NC(=O)[C@H]1CCCN1CCc1ccc([N+](=O)[O-])cc1. The summed E-state index contributed by atoms with van der Waals surface area (Å²) in [4.78, 5) is 23.5. The van der Waals surface area contributed by atoms with Gasteiger partial charge in [-0.15, -0.1) is 0 Å². The molecule has 19 heavy (non-hydrogen) atoms. The molecule has 1 aliphatic rings. The van der Waals surface area contributed by atoms with Crippen molar-refractivity contribution in [3.8, 4) is 0 Å². The van der Waals surface area contributed by atoms with Gasteiger partial charge in [0.25, 0.3) is 5.69 Å². The van der Waals surface area contributed by atoms with Crippen LogP contribution in [0.2, 0.25) is 0 Å². The van der Waals surface area contributed by atoms with Crippen LogP contribution in [0.1, 0.15) is 18.4 Å². The maximum Gasteiger partial charge on any atom is 0.269 e. The number of nitrogens with two attached hydrogens (primary N) is 1. The molecular formula is C13H17N3O3. The van der Waals surface area contributed by atoms with E-state index in [1.165, 1.54) is 12.1 Å². The van der Waals surface area contributed by atoms with Crippen LogP contribution in [0.3, 0.4) is 0 Å². The summed E-state index contributed by atoms with van der Waals surface area (Å²) >= 11 is 0. The predicted molar refractivity (Wildman–Crippen MR) is 70.6 cm³/mol. The van der Waals surface area contributed by atoms with Gasteiger partial charge in [0.05, 0.1) is 11.0 Å². The number of carbonyl (C=O) groups excluding carboxylic acids is 1. The molecular weight excluding hydrogens is 246 g/mol. The highest BCUT2D eigenvalue weighted by atomic mass is 16.6. The summed E-state index contributed by atoms with van der Waals surface area (Å²) in [6.45, 7) is 1.64. The number of nitro benzene ring substituents is 1. The molecule has 0 aromatic heterocycles. The molecule has 1 heterocycles. The number of benzene rings is 1. The number of rotatable bonds is 5. The van der Waals surface area contributed by atoms with Crippen molar-refractivity contribution < 1.29 is 9.72 Å². The van der Waals surface area contributed by atoms with Crippen molar-refractivity contribution in [2.24, 2.45) is 5.73 Å². The van der Waals surface area contributed by atoms with E-state index in [4.69, 9.17) is 5.73 Å². The third-order valence-electron chi connectivity index (χ3n) is 3.53. The van der Waals surface area contributed by atoms with Crippen LogP contribution < -0.4 is 5.73 Å². The molecule has 1 aromatic carbocycles. The molecule has 0 radical (unpaired) electrons. The van der Waals surface area contributed by atoms with E-state index in [0.29, 0.717) is 0 Å². The fourth-order valence-corrected chi connectivity index (χ4v) is 2.47. The van der Waals surface area contributed by atoms with Gasteiger partial charge >= 0.3 is 0 Å². The largest absolute Gasteiger partial charge is 0.368 e. The van der Waals surface area contributed by atoms with Gasteiger partial charge in [0.1, 0.15) is 0 Å². The van der Waals surface area contributed by atoms with Crippen molar-refractivity contribution in [1.82, 2.24) is 4.90 Å². The van der Waals surface area contributed by atoms with Gasteiger partial charge in [-0.2, -0.15) is 0 Å². The molecule has 1 saturated heterocycles. The molecule has 0 saturated carbocycles. The number of non-ortho nitro benzene ring substituents is 1. The highest BCUT2D eigenvalue weighted by Crippen LogP contribution is 2.18. The first-order valence-corrected chi connectivity index (χ1v) is 6.34. The number of hydrogen-bond donors (Lipinski definition) is 1. The highest BCUT2D eigenvalue weighted by molar-refractivity contribution is 5.80. The van der Waals surface area contributed by atoms with Gasteiger partial charge in [-0.1, -0.05) is 12.1 Å². The number of carbonyl (C=O) groups is 1. The van der Waals surface area contributed by atoms with E-state index in [1.54, 1.807) is 12.1 Å². The molecule has 6 heteroatoms. The summed E-state index contributed by atoms with van der Waals surface area (Å²) in [6, 6.07) is 6.37. The molecule has 2 N–H and O–H groups in total. The zero-order chi connectivity index (χ0) is 13.8. The first kappa shape index (κ1) is 13.5. The molecule has 6 nitrogen and oxygen atoms in total. The molecule has 0 aliphatic carbocycles. The van der Waals surface area contributed by atoms with Crippen molar-refractivity contribution in [3.05, 3.63) is 39.9 Å². The average molecular weight is 263 g/mol. The van der Waals surface area contributed by atoms with E-state index < -0.39 is 4.92 Å². The number of nitrogens with zero attached hydrogens (tertiary/aromatic N) is 2. The lowest BCUT2D eigenvalue weighted by atomic mass is 10.1. The topological polar surface area (TPSA) is 89.5 Å². The van der Waals surface area contributed by atoms with Crippen LogP contribution in [0.4, 0.5) is 5.69 Å². The molecule has 0 unspecified atom stereocenters. The Morgan fingerprint density at radius 1 is 1.42 bits per heavy atom. The maximum atomic E-state index is 11.2. The molecule has 102 valence electrons. The van der Waals surface area contributed by atoms with E-state index in [-0.39, 0.29) is 17.6 Å². The lowest BCUT2D eigenvalue weighted by molar-refractivity contribution is -0.384. The number of nitro groups is 1. The summed E-state index contributed by atoms with van der Waals surface area (Å²) in [6.07, 6.45) is 2.59. The molecule has 2 rings (SSSR count).